The molecule has 0 amide bonds. The molecule has 0 radical (unpaired) electrons. The lowest BCUT2D eigenvalue weighted by Crippen LogP contribution is -2.32. The van der Waals surface area contributed by atoms with Gasteiger partial charge in [-0.05, 0) is 6.92 Å². The van der Waals surface area contributed by atoms with Crippen molar-refractivity contribution in [2.24, 2.45) is 0 Å². The minimum atomic E-state index is -0.488. The van der Waals surface area contributed by atoms with Crippen LogP contribution in [0, 0.1) is 6.92 Å². The molecule has 0 saturated heterocycles. The van der Waals surface area contributed by atoms with Gasteiger partial charge in [-0.25, -0.2) is 4.79 Å². The van der Waals surface area contributed by atoms with Gasteiger partial charge in [-0.15, -0.1) is 11.6 Å². The molecule has 1 N–H and O–H groups in total. The average molecular weight is 312 g/mol. The highest BCUT2D eigenvalue weighted by atomic mass is 79.9. The first-order valence-electron chi connectivity index (χ1n) is 4.62. The number of aryl methyl sites for hydroxylation is 1. The zero-order chi connectivity index (χ0) is 12.1. The van der Waals surface area contributed by atoms with E-state index in [1.807, 2.05) is 0 Å². The Balaban J connectivity index is 2.78. The summed E-state index contributed by atoms with van der Waals surface area (Å²) in [6.07, 6.45) is 1.29. The lowest BCUT2D eigenvalue weighted by molar-refractivity contribution is 0.0311. The fourth-order valence-electron chi connectivity index (χ4n) is 1.03. The molecule has 1 heterocycles. The largest absolute Gasteiger partial charge is 0.355 e. The van der Waals surface area contributed by atoms with Crippen LogP contribution in [0.1, 0.15) is 5.56 Å². The molecule has 0 bridgehead atoms. The standard InChI is InChI=1S/C9H12BrClN2O3/c1-6-4-13(9(15)12-8(6)14)5-16-7(2-10)3-11/h4,7H,2-3,5H2,1H3,(H,12,14,15). The average Bonchev–Trinajstić information content (AvgIpc) is 2.26. The number of alkyl halides is 2. The molecule has 0 saturated carbocycles. The highest BCUT2D eigenvalue weighted by molar-refractivity contribution is 9.09. The van der Waals surface area contributed by atoms with E-state index in [9.17, 15) is 9.59 Å². The number of ether oxygens (including phenoxy) is 1. The van der Waals surface area contributed by atoms with Crippen LogP contribution in [0.3, 0.4) is 0 Å². The first kappa shape index (κ1) is 13.5. The third-order valence-corrected chi connectivity index (χ3v) is 3.05. The van der Waals surface area contributed by atoms with Crippen molar-refractivity contribution in [3.05, 3.63) is 32.6 Å². The van der Waals surface area contributed by atoms with Gasteiger partial charge in [-0.2, -0.15) is 0 Å². The Morgan fingerprint density at radius 1 is 1.62 bits per heavy atom. The number of hydrogen-bond donors (Lipinski definition) is 1. The van der Waals surface area contributed by atoms with Crippen molar-refractivity contribution < 1.29 is 4.74 Å². The summed E-state index contributed by atoms with van der Waals surface area (Å²) in [7, 11) is 0. The van der Waals surface area contributed by atoms with Gasteiger partial charge < -0.3 is 4.74 Å². The van der Waals surface area contributed by atoms with Crippen molar-refractivity contribution in [3.63, 3.8) is 0 Å². The maximum atomic E-state index is 11.4. The maximum Gasteiger partial charge on any atom is 0.330 e. The number of nitrogens with zero attached hydrogens (tertiary/aromatic N) is 1. The summed E-state index contributed by atoms with van der Waals surface area (Å²) >= 11 is 8.87. The van der Waals surface area contributed by atoms with Gasteiger partial charge in [0.05, 0.1) is 6.10 Å². The Hall–Kier alpha value is -0.590. The molecule has 5 nitrogen and oxygen atoms in total. The number of rotatable bonds is 5. The van der Waals surface area contributed by atoms with Gasteiger partial charge >= 0.3 is 5.69 Å². The third kappa shape index (κ3) is 3.47. The smallest absolute Gasteiger partial charge is 0.330 e. The molecule has 1 aromatic heterocycles. The van der Waals surface area contributed by atoms with Gasteiger partial charge in [0, 0.05) is 23.0 Å². The Bertz CT molecular complexity index is 453. The predicted molar refractivity (Wildman–Crippen MR) is 65.4 cm³/mol. The molecule has 1 unspecified atom stereocenters. The van der Waals surface area contributed by atoms with Gasteiger partial charge in [-0.3, -0.25) is 14.3 Å². The normalized spacial score (nSPS) is 12.7. The van der Waals surface area contributed by atoms with Gasteiger partial charge in [0.2, 0.25) is 0 Å². The molecule has 0 spiro atoms. The van der Waals surface area contributed by atoms with Crippen LogP contribution < -0.4 is 11.2 Å². The predicted octanol–water partition coefficient (Wildman–Crippen LogP) is 0.821. The molecular weight excluding hydrogens is 299 g/mol. The van der Waals surface area contributed by atoms with Crippen LogP contribution in [0.4, 0.5) is 0 Å². The highest BCUT2D eigenvalue weighted by Gasteiger charge is 2.07. The van der Waals surface area contributed by atoms with Crippen molar-refractivity contribution >= 4 is 27.5 Å². The van der Waals surface area contributed by atoms with Crippen molar-refractivity contribution in [2.75, 3.05) is 11.2 Å². The van der Waals surface area contributed by atoms with Crippen LogP contribution in [-0.4, -0.2) is 26.9 Å². The lowest BCUT2D eigenvalue weighted by atomic mass is 10.4. The van der Waals surface area contributed by atoms with E-state index in [4.69, 9.17) is 16.3 Å². The Labute approximate surface area is 106 Å². The number of nitrogens with one attached hydrogen (secondary N) is 1. The SMILES string of the molecule is Cc1cn(COC(CCl)CBr)c(=O)[nH]c1=O. The molecule has 0 aromatic carbocycles. The van der Waals surface area contributed by atoms with E-state index in [-0.39, 0.29) is 18.4 Å². The molecule has 0 fully saturated rings. The van der Waals surface area contributed by atoms with E-state index in [0.29, 0.717) is 16.8 Å². The van der Waals surface area contributed by atoms with Crippen LogP contribution in [0.2, 0.25) is 0 Å². The second kappa shape index (κ2) is 6.22. The number of hydrogen-bond acceptors (Lipinski definition) is 3. The van der Waals surface area contributed by atoms with Crippen LogP contribution in [-0.2, 0) is 11.5 Å². The van der Waals surface area contributed by atoms with Crippen LogP contribution >= 0.6 is 27.5 Å². The van der Waals surface area contributed by atoms with E-state index < -0.39 is 5.69 Å². The van der Waals surface area contributed by atoms with E-state index in [2.05, 4.69) is 20.9 Å². The summed E-state index contributed by atoms with van der Waals surface area (Å²) in [5, 5.41) is 0.591. The summed E-state index contributed by atoms with van der Waals surface area (Å²) < 4.78 is 6.65. The van der Waals surface area contributed by atoms with E-state index in [1.165, 1.54) is 10.8 Å². The lowest BCUT2D eigenvalue weighted by Gasteiger charge is -2.13. The number of halogens is 2. The molecule has 90 valence electrons. The van der Waals surface area contributed by atoms with Gasteiger partial charge in [-0.1, -0.05) is 15.9 Å². The quantitative estimate of drug-likeness (QED) is 0.819. The van der Waals surface area contributed by atoms with Crippen molar-refractivity contribution in [1.82, 2.24) is 9.55 Å². The monoisotopic (exact) mass is 310 g/mol. The first-order valence-corrected chi connectivity index (χ1v) is 6.28. The fourth-order valence-corrected chi connectivity index (χ4v) is 1.91. The summed E-state index contributed by atoms with van der Waals surface area (Å²) in [5.41, 5.74) is -0.404. The number of aromatic amines is 1. The Morgan fingerprint density at radius 2 is 2.31 bits per heavy atom. The molecule has 1 rings (SSSR count). The van der Waals surface area contributed by atoms with E-state index in [0.717, 1.165) is 0 Å². The van der Waals surface area contributed by atoms with Crippen molar-refractivity contribution in [2.45, 2.75) is 19.8 Å². The van der Waals surface area contributed by atoms with Crippen molar-refractivity contribution in [3.8, 4) is 0 Å². The first-order chi connectivity index (χ1) is 7.58. The molecule has 0 aliphatic rings. The summed E-state index contributed by atoms with van der Waals surface area (Å²) in [4.78, 5) is 24.7. The van der Waals surface area contributed by atoms with Gasteiger partial charge in [0.15, 0.2) is 0 Å². The van der Waals surface area contributed by atoms with Crippen LogP contribution in [0.5, 0.6) is 0 Å². The molecule has 0 aliphatic carbocycles. The summed E-state index contributed by atoms with van der Waals surface area (Å²) in [5.74, 6) is 0.336. The fraction of sp³-hybridized carbons (Fsp3) is 0.556. The third-order valence-electron chi connectivity index (χ3n) is 1.98. The minimum Gasteiger partial charge on any atom is -0.355 e. The van der Waals surface area contributed by atoms with Gasteiger partial charge in [0.25, 0.3) is 5.56 Å². The molecule has 7 heteroatoms. The van der Waals surface area contributed by atoms with Crippen LogP contribution in [0.15, 0.2) is 15.8 Å². The summed E-state index contributed by atoms with van der Waals surface area (Å²) in [6.45, 7) is 1.69. The Kier molecular flexibility index (Phi) is 5.24. The number of H-pyrrole nitrogens is 1. The zero-order valence-electron chi connectivity index (χ0n) is 8.70. The molecule has 0 aliphatic heterocycles. The molecule has 1 atom stereocenters. The highest BCUT2D eigenvalue weighted by Crippen LogP contribution is 2.00. The van der Waals surface area contributed by atoms with Crippen molar-refractivity contribution in [1.29, 1.82) is 0 Å². The number of aromatic nitrogens is 2. The topological polar surface area (TPSA) is 64.1 Å². The summed E-state index contributed by atoms with van der Waals surface area (Å²) in [6, 6.07) is 0. The molecule has 16 heavy (non-hydrogen) atoms. The second-order valence-corrected chi connectivity index (χ2v) is 4.22. The van der Waals surface area contributed by atoms with E-state index in [1.54, 1.807) is 6.92 Å². The maximum absolute atomic E-state index is 11.4. The molecular formula is C9H12BrClN2O3. The van der Waals surface area contributed by atoms with Gasteiger partial charge in [0.1, 0.15) is 6.73 Å². The second-order valence-electron chi connectivity index (χ2n) is 3.27. The minimum absolute atomic E-state index is 0.0689. The van der Waals surface area contributed by atoms with E-state index >= 15 is 0 Å². The van der Waals surface area contributed by atoms with Crippen LogP contribution in [0.25, 0.3) is 0 Å². The Morgan fingerprint density at radius 3 is 2.88 bits per heavy atom. The molecule has 1 aromatic rings. The zero-order valence-corrected chi connectivity index (χ0v) is 11.0.